The zero-order valence-corrected chi connectivity index (χ0v) is 13.4. The number of thiophene rings is 1. The molecule has 0 bridgehead atoms. The van der Waals surface area contributed by atoms with Gasteiger partial charge in [0.2, 0.25) is 0 Å². The molecule has 2 N–H and O–H groups in total. The first-order valence-electron chi connectivity index (χ1n) is 6.65. The number of nitrogens with two attached hydrogens (primary N) is 1. The van der Waals surface area contributed by atoms with Crippen LogP contribution < -0.4 is 5.73 Å². The Morgan fingerprint density at radius 3 is 2.68 bits per heavy atom. The summed E-state index contributed by atoms with van der Waals surface area (Å²) in [5.74, 6) is 0.269. The summed E-state index contributed by atoms with van der Waals surface area (Å²) in [4.78, 5) is 1.07. The largest absolute Gasteiger partial charge is 0.328 e. The lowest BCUT2D eigenvalue weighted by atomic mass is 9.93. The summed E-state index contributed by atoms with van der Waals surface area (Å²) < 4.78 is 27.3. The van der Waals surface area contributed by atoms with Gasteiger partial charge in [-0.3, -0.25) is 0 Å². The van der Waals surface area contributed by atoms with E-state index in [-0.39, 0.29) is 12.0 Å². The molecule has 2 atom stereocenters. The van der Waals surface area contributed by atoms with Crippen LogP contribution in [0.1, 0.15) is 30.2 Å². The van der Waals surface area contributed by atoms with Gasteiger partial charge in [0.25, 0.3) is 10.0 Å². The number of piperidine rings is 1. The number of hydrogen-bond acceptors (Lipinski definition) is 4. The molecule has 1 aliphatic heterocycles. The summed E-state index contributed by atoms with van der Waals surface area (Å²) in [7, 11) is -3.33. The van der Waals surface area contributed by atoms with Gasteiger partial charge in [0.15, 0.2) is 0 Å². The highest BCUT2D eigenvalue weighted by atomic mass is 32.2. The average molecular weight is 302 g/mol. The molecule has 1 fully saturated rings. The van der Waals surface area contributed by atoms with Crippen LogP contribution in [0.4, 0.5) is 0 Å². The highest BCUT2D eigenvalue weighted by Gasteiger charge is 2.32. The molecule has 1 saturated heterocycles. The molecule has 0 aliphatic carbocycles. The fourth-order valence-corrected chi connectivity index (χ4v) is 5.62. The van der Waals surface area contributed by atoms with E-state index >= 15 is 0 Å². The molecule has 6 heteroatoms. The van der Waals surface area contributed by atoms with E-state index in [0.717, 1.165) is 23.3 Å². The highest BCUT2D eigenvalue weighted by molar-refractivity contribution is 7.91. The van der Waals surface area contributed by atoms with E-state index in [2.05, 4.69) is 0 Å². The van der Waals surface area contributed by atoms with Gasteiger partial charge in [-0.2, -0.15) is 4.31 Å². The van der Waals surface area contributed by atoms with E-state index in [1.807, 2.05) is 20.8 Å². The monoisotopic (exact) mass is 302 g/mol. The van der Waals surface area contributed by atoms with E-state index in [9.17, 15) is 8.42 Å². The lowest BCUT2D eigenvalue weighted by Gasteiger charge is -2.33. The number of hydrogen-bond donors (Lipinski definition) is 1. The zero-order chi connectivity index (χ0) is 14.2. The second kappa shape index (κ2) is 5.52. The van der Waals surface area contributed by atoms with Crippen LogP contribution in [0, 0.1) is 19.8 Å². The lowest BCUT2D eigenvalue weighted by Crippen LogP contribution is -2.44. The van der Waals surface area contributed by atoms with Crippen molar-refractivity contribution in [2.24, 2.45) is 11.7 Å². The van der Waals surface area contributed by atoms with E-state index in [4.69, 9.17) is 5.73 Å². The molecule has 0 radical (unpaired) electrons. The van der Waals surface area contributed by atoms with Crippen LogP contribution in [-0.4, -0.2) is 31.9 Å². The third-order valence-corrected chi connectivity index (χ3v) is 7.37. The minimum Gasteiger partial charge on any atom is -0.328 e. The second-order valence-corrected chi connectivity index (χ2v) is 8.85. The Morgan fingerprint density at radius 1 is 1.47 bits per heavy atom. The molecule has 1 aliphatic rings. The molecule has 1 aromatic heterocycles. The molecule has 2 rings (SSSR count). The van der Waals surface area contributed by atoms with Gasteiger partial charge in [0, 0.05) is 24.0 Å². The fourth-order valence-electron chi connectivity index (χ4n) is 2.42. The summed E-state index contributed by atoms with van der Waals surface area (Å²) in [5, 5.41) is 0. The number of sulfonamides is 1. The summed E-state index contributed by atoms with van der Waals surface area (Å²) in [6.07, 6.45) is 1.92. The SMILES string of the molecule is Cc1cc(S(=O)(=O)N2CCC[C@@H]([C@H](C)N)C2)sc1C. The molecule has 0 unspecified atom stereocenters. The van der Waals surface area contributed by atoms with Crippen molar-refractivity contribution < 1.29 is 8.42 Å². The van der Waals surface area contributed by atoms with Crippen LogP contribution in [0.15, 0.2) is 10.3 Å². The molecule has 0 amide bonds. The molecule has 1 aromatic rings. The van der Waals surface area contributed by atoms with Gasteiger partial charge in [-0.1, -0.05) is 0 Å². The maximum absolute atomic E-state index is 12.6. The Labute approximate surface area is 119 Å². The second-order valence-electron chi connectivity index (χ2n) is 5.43. The van der Waals surface area contributed by atoms with Gasteiger partial charge in [0.1, 0.15) is 4.21 Å². The van der Waals surface area contributed by atoms with Crippen LogP contribution in [0.2, 0.25) is 0 Å². The molecule has 4 nitrogen and oxygen atoms in total. The van der Waals surface area contributed by atoms with Crippen molar-refractivity contribution in [1.82, 2.24) is 4.31 Å². The Hall–Kier alpha value is -0.430. The molecule has 0 aromatic carbocycles. The quantitative estimate of drug-likeness (QED) is 0.930. The Balaban J connectivity index is 2.24. The molecule has 0 saturated carbocycles. The van der Waals surface area contributed by atoms with Crippen molar-refractivity contribution >= 4 is 21.4 Å². The van der Waals surface area contributed by atoms with Gasteiger partial charge in [-0.05, 0) is 51.2 Å². The van der Waals surface area contributed by atoms with Crippen molar-refractivity contribution in [1.29, 1.82) is 0 Å². The Kier molecular flexibility index (Phi) is 4.35. The molecular formula is C13H22N2O2S2. The predicted octanol–water partition coefficient (Wildman–Crippen LogP) is 2.11. The van der Waals surface area contributed by atoms with E-state index < -0.39 is 10.0 Å². The van der Waals surface area contributed by atoms with Gasteiger partial charge >= 0.3 is 0 Å². The lowest BCUT2D eigenvalue weighted by molar-refractivity contribution is 0.243. The number of aryl methyl sites for hydroxylation is 2. The number of nitrogens with zero attached hydrogens (tertiary/aromatic N) is 1. The fraction of sp³-hybridized carbons (Fsp3) is 0.692. The van der Waals surface area contributed by atoms with Crippen LogP contribution in [0.3, 0.4) is 0 Å². The van der Waals surface area contributed by atoms with Crippen molar-refractivity contribution in [3.8, 4) is 0 Å². The Bertz CT molecular complexity index is 529. The van der Waals surface area contributed by atoms with Crippen LogP contribution in [-0.2, 0) is 10.0 Å². The van der Waals surface area contributed by atoms with Gasteiger partial charge in [0.05, 0.1) is 0 Å². The molecule has 2 heterocycles. The highest BCUT2D eigenvalue weighted by Crippen LogP contribution is 2.30. The molecule has 0 spiro atoms. The van der Waals surface area contributed by atoms with Crippen LogP contribution >= 0.6 is 11.3 Å². The van der Waals surface area contributed by atoms with Crippen LogP contribution in [0.5, 0.6) is 0 Å². The number of rotatable bonds is 3. The minimum atomic E-state index is -3.33. The van der Waals surface area contributed by atoms with Gasteiger partial charge in [-0.15, -0.1) is 11.3 Å². The topological polar surface area (TPSA) is 63.4 Å². The summed E-state index contributed by atoms with van der Waals surface area (Å²) in [5.41, 5.74) is 6.97. The average Bonchev–Trinajstić information content (AvgIpc) is 2.70. The smallest absolute Gasteiger partial charge is 0.252 e. The van der Waals surface area contributed by atoms with Crippen molar-refractivity contribution in [3.63, 3.8) is 0 Å². The summed E-state index contributed by atoms with van der Waals surface area (Å²) >= 11 is 1.36. The van der Waals surface area contributed by atoms with Gasteiger partial charge < -0.3 is 5.73 Å². The third-order valence-electron chi connectivity index (χ3n) is 3.90. The summed E-state index contributed by atoms with van der Waals surface area (Å²) in [6, 6.07) is 1.83. The van der Waals surface area contributed by atoms with Crippen LogP contribution in [0.25, 0.3) is 0 Å². The van der Waals surface area contributed by atoms with Gasteiger partial charge in [-0.25, -0.2) is 8.42 Å². The maximum Gasteiger partial charge on any atom is 0.252 e. The standard InChI is InChI=1S/C13H22N2O2S2/c1-9-7-13(18-11(9)3)19(16,17)15-6-4-5-12(8-15)10(2)14/h7,10,12H,4-6,8,14H2,1-3H3/t10-,12+/m0/s1. The first-order valence-corrected chi connectivity index (χ1v) is 8.91. The molecule has 19 heavy (non-hydrogen) atoms. The Morgan fingerprint density at radius 2 is 2.16 bits per heavy atom. The van der Waals surface area contributed by atoms with E-state index in [1.54, 1.807) is 10.4 Å². The van der Waals surface area contributed by atoms with Crippen molar-refractivity contribution in [2.45, 2.75) is 43.9 Å². The predicted molar refractivity (Wildman–Crippen MR) is 78.9 cm³/mol. The first kappa shape index (κ1) is 15.0. The maximum atomic E-state index is 12.6. The normalized spacial score (nSPS) is 23.5. The van der Waals surface area contributed by atoms with Crippen molar-refractivity contribution in [2.75, 3.05) is 13.1 Å². The van der Waals surface area contributed by atoms with E-state index in [1.165, 1.54) is 11.3 Å². The zero-order valence-electron chi connectivity index (χ0n) is 11.7. The molecular weight excluding hydrogens is 280 g/mol. The third kappa shape index (κ3) is 3.02. The van der Waals surface area contributed by atoms with E-state index in [0.29, 0.717) is 17.3 Å². The summed E-state index contributed by atoms with van der Waals surface area (Å²) in [6.45, 7) is 7.03. The molecule has 108 valence electrons. The minimum absolute atomic E-state index is 0.0461. The first-order chi connectivity index (χ1) is 8.82. The van der Waals surface area contributed by atoms with Crippen molar-refractivity contribution in [3.05, 3.63) is 16.5 Å².